The lowest BCUT2D eigenvalue weighted by atomic mass is 9.91. The molecular formula is C29H44FNO6. The van der Waals surface area contributed by atoms with Crippen LogP contribution in [0, 0.1) is 11.7 Å². The van der Waals surface area contributed by atoms with E-state index in [9.17, 15) is 23.9 Å². The van der Waals surface area contributed by atoms with Gasteiger partial charge >= 0.3 is 5.97 Å². The Morgan fingerprint density at radius 1 is 0.973 bits per heavy atom. The Morgan fingerprint density at radius 2 is 1.59 bits per heavy atom. The number of halogens is 1. The molecule has 0 saturated heterocycles. The topological polar surface area (TPSA) is 102 Å². The molecule has 37 heavy (non-hydrogen) atoms. The molecular weight excluding hydrogens is 477 g/mol. The Morgan fingerprint density at radius 3 is 2.22 bits per heavy atom. The number of rotatable bonds is 17. The highest BCUT2D eigenvalue weighted by Crippen LogP contribution is 2.20. The van der Waals surface area contributed by atoms with Crippen molar-refractivity contribution >= 4 is 17.7 Å². The first kappa shape index (κ1) is 32.3. The number of Topliss-reactive ketones (excluding diaryl/α,β-unsaturated/α-hetero) is 1. The second-order valence-corrected chi connectivity index (χ2v) is 10.6. The van der Waals surface area contributed by atoms with Gasteiger partial charge in [-0.1, -0.05) is 25.7 Å². The Labute approximate surface area is 220 Å². The van der Waals surface area contributed by atoms with Crippen molar-refractivity contribution < 1.29 is 33.4 Å². The SMILES string of the molecule is CC(=O)C(CCCCCCC(=O)O/C(C)=C\C(=O)NC(C)(C)C)CCCC(O)COc1ccc(F)cc1. The first-order valence-corrected chi connectivity index (χ1v) is 13.1. The summed E-state index contributed by atoms with van der Waals surface area (Å²) in [5.41, 5.74) is -0.359. The maximum atomic E-state index is 12.9. The number of amides is 1. The number of hydrogen-bond donors (Lipinski definition) is 2. The van der Waals surface area contributed by atoms with E-state index < -0.39 is 6.10 Å². The fraction of sp³-hybridized carbons (Fsp3) is 0.621. The van der Waals surface area contributed by atoms with E-state index in [0.717, 1.165) is 25.7 Å². The van der Waals surface area contributed by atoms with Crippen LogP contribution in [0.3, 0.4) is 0 Å². The lowest BCUT2D eigenvalue weighted by Gasteiger charge is -2.19. The molecule has 7 nitrogen and oxygen atoms in total. The van der Waals surface area contributed by atoms with Crippen molar-refractivity contribution in [2.24, 2.45) is 5.92 Å². The number of allylic oxidation sites excluding steroid dienone is 1. The molecule has 0 aliphatic rings. The van der Waals surface area contributed by atoms with Gasteiger partial charge in [0, 0.05) is 24.0 Å². The largest absolute Gasteiger partial charge is 0.491 e. The van der Waals surface area contributed by atoms with E-state index in [0.29, 0.717) is 31.4 Å². The number of aliphatic hydroxyl groups excluding tert-OH is 1. The number of hydrogen-bond acceptors (Lipinski definition) is 6. The number of aliphatic hydroxyl groups is 1. The molecule has 2 unspecified atom stereocenters. The Balaban J connectivity index is 2.18. The number of nitrogens with one attached hydrogen (secondary N) is 1. The number of ketones is 1. The third-order valence-electron chi connectivity index (χ3n) is 5.71. The van der Waals surface area contributed by atoms with Gasteiger partial charge in [-0.05, 0) is 84.6 Å². The van der Waals surface area contributed by atoms with E-state index in [1.807, 2.05) is 20.8 Å². The van der Waals surface area contributed by atoms with Gasteiger partial charge in [0.25, 0.3) is 0 Å². The fourth-order valence-electron chi connectivity index (χ4n) is 3.82. The van der Waals surface area contributed by atoms with Gasteiger partial charge in [-0.3, -0.25) is 14.4 Å². The molecule has 208 valence electrons. The van der Waals surface area contributed by atoms with Gasteiger partial charge in [0.2, 0.25) is 5.91 Å². The highest BCUT2D eigenvalue weighted by atomic mass is 19.1. The average Bonchev–Trinajstić information content (AvgIpc) is 2.78. The van der Waals surface area contributed by atoms with Crippen molar-refractivity contribution in [3.05, 3.63) is 41.9 Å². The van der Waals surface area contributed by atoms with Crippen molar-refractivity contribution in [2.45, 2.75) is 104 Å². The smallest absolute Gasteiger partial charge is 0.310 e. The zero-order chi connectivity index (χ0) is 27.8. The van der Waals surface area contributed by atoms with E-state index in [1.54, 1.807) is 13.8 Å². The lowest BCUT2D eigenvalue weighted by Crippen LogP contribution is -2.39. The Kier molecular flexibility index (Phi) is 14.7. The normalized spacial score (nSPS) is 13.5. The number of unbranched alkanes of at least 4 members (excludes halogenated alkanes) is 3. The van der Waals surface area contributed by atoms with Crippen molar-refractivity contribution in [3.8, 4) is 5.75 Å². The molecule has 1 aromatic rings. The molecule has 0 saturated carbocycles. The summed E-state index contributed by atoms with van der Waals surface area (Å²) in [6.07, 6.45) is 6.99. The summed E-state index contributed by atoms with van der Waals surface area (Å²) in [4.78, 5) is 35.8. The number of benzene rings is 1. The van der Waals surface area contributed by atoms with Crippen LogP contribution in [0.15, 0.2) is 36.1 Å². The highest BCUT2D eigenvalue weighted by Gasteiger charge is 2.16. The van der Waals surface area contributed by atoms with Gasteiger partial charge < -0.3 is 19.9 Å². The van der Waals surface area contributed by atoms with E-state index in [2.05, 4.69) is 5.32 Å². The molecule has 0 aliphatic heterocycles. The maximum Gasteiger partial charge on any atom is 0.310 e. The quantitative estimate of drug-likeness (QED) is 0.119. The van der Waals surface area contributed by atoms with Crippen molar-refractivity contribution in [1.29, 1.82) is 0 Å². The van der Waals surface area contributed by atoms with Crippen molar-refractivity contribution in [2.75, 3.05) is 6.61 Å². The van der Waals surface area contributed by atoms with Gasteiger partial charge in [-0.2, -0.15) is 0 Å². The lowest BCUT2D eigenvalue weighted by molar-refractivity contribution is -0.139. The Hall–Kier alpha value is -2.74. The van der Waals surface area contributed by atoms with Gasteiger partial charge in [0.15, 0.2) is 0 Å². The molecule has 0 aromatic heterocycles. The van der Waals surface area contributed by atoms with Crippen LogP contribution in [0.1, 0.15) is 92.4 Å². The molecule has 0 fully saturated rings. The number of esters is 1. The fourth-order valence-corrected chi connectivity index (χ4v) is 3.82. The minimum absolute atomic E-state index is 0.0396. The molecule has 1 amide bonds. The summed E-state index contributed by atoms with van der Waals surface area (Å²) in [6.45, 7) is 8.93. The van der Waals surface area contributed by atoms with Crippen molar-refractivity contribution in [3.63, 3.8) is 0 Å². The van der Waals surface area contributed by atoms with Crippen molar-refractivity contribution in [1.82, 2.24) is 5.32 Å². The minimum Gasteiger partial charge on any atom is -0.491 e. The zero-order valence-corrected chi connectivity index (χ0v) is 23.0. The molecule has 8 heteroatoms. The molecule has 1 rings (SSSR count). The van der Waals surface area contributed by atoms with Gasteiger partial charge in [-0.15, -0.1) is 0 Å². The molecule has 0 spiro atoms. The van der Waals surface area contributed by atoms with Crippen LogP contribution in [0.2, 0.25) is 0 Å². The van der Waals surface area contributed by atoms with Crippen LogP contribution < -0.4 is 10.1 Å². The molecule has 1 aromatic carbocycles. The van der Waals surface area contributed by atoms with E-state index in [4.69, 9.17) is 9.47 Å². The predicted octanol–water partition coefficient (Wildman–Crippen LogP) is 5.64. The first-order valence-electron chi connectivity index (χ1n) is 13.1. The Bertz CT molecular complexity index is 875. The summed E-state index contributed by atoms with van der Waals surface area (Å²) < 4.78 is 23.6. The molecule has 2 atom stereocenters. The van der Waals surface area contributed by atoms with Crippen LogP contribution in [0.5, 0.6) is 5.75 Å². The van der Waals surface area contributed by atoms with E-state index in [-0.39, 0.29) is 53.7 Å². The molecule has 2 N–H and O–H groups in total. The van der Waals surface area contributed by atoms with Crippen LogP contribution >= 0.6 is 0 Å². The van der Waals surface area contributed by atoms with Crippen LogP contribution in [-0.4, -0.2) is 41.0 Å². The van der Waals surface area contributed by atoms with Gasteiger partial charge in [0.1, 0.15) is 29.7 Å². The van der Waals surface area contributed by atoms with E-state index in [1.165, 1.54) is 30.3 Å². The summed E-state index contributed by atoms with van der Waals surface area (Å²) in [7, 11) is 0. The van der Waals surface area contributed by atoms with Gasteiger partial charge in [-0.25, -0.2) is 4.39 Å². The number of carbonyl (C=O) groups excluding carboxylic acids is 3. The van der Waals surface area contributed by atoms with E-state index >= 15 is 0 Å². The second kappa shape index (κ2) is 16.9. The summed E-state index contributed by atoms with van der Waals surface area (Å²) >= 11 is 0. The minimum atomic E-state index is -0.649. The number of carbonyl (C=O) groups is 3. The summed E-state index contributed by atoms with van der Waals surface area (Å²) in [5, 5.41) is 12.9. The first-order chi connectivity index (χ1) is 17.4. The predicted molar refractivity (Wildman–Crippen MR) is 141 cm³/mol. The zero-order valence-electron chi connectivity index (χ0n) is 23.0. The maximum absolute atomic E-state index is 12.9. The third kappa shape index (κ3) is 16.6. The molecule has 0 bridgehead atoms. The standard InChI is InChI=1S/C29H44FNO6/c1-21(19-27(34)31-29(3,4)5)37-28(35)14-9-7-6-8-11-23(22(2)32)12-10-13-25(33)20-36-26-17-15-24(30)16-18-26/h15-19,23,25,33H,6-14,20H2,1-5H3,(H,31,34)/b21-19-. The molecule has 0 heterocycles. The summed E-state index contributed by atoms with van der Waals surface area (Å²) in [6, 6.07) is 5.65. The third-order valence-corrected chi connectivity index (χ3v) is 5.71. The van der Waals surface area contributed by atoms with Crippen LogP contribution in [0.4, 0.5) is 4.39 Å². The highest BCUT2D eigenvalue weighted by molar-refractivity contribution is 5.88. The van der Waals surface area contributed by atoms with Crippen LogP contribution in [-0.2, 0) is 19.1 Å². The monoisotopic (exact) mass is 521 g/mol. The second-order valence-electron chi connectivity index (χ2n) is 10.6. The van der Waals surface area contributed by atoms with Crippen LogP contribution in [0.25, 0.3) is 0 Å². The number of ether oxygens (including phenoxy) is 2. The molecule has 0 aliphatic carbocycles. The summed E-state index contributed by atoms with van der Waals surface area (Å²) in [5.74, 6) is -0.117. The van der Waals surface area contributed by atoms with Gasteiger partial charge in [0.05, 0.1) is 6.10 Å². The molecule has 0 radical (unpaired) electrons. The average molecular weight is 522 g/mol.